The molecule has 1 aliphatic heterocycles. The number of nitrogens with zero attached hydrogens (tertiary/aromatic N) is 2. The second kappa shape index (κ2) is 8.65. The number of hydrogen-bond acceptors (Lipinski definition) is 5. The van der Waals surface area contributed by atoms with Crippen molar-refractivity contribution in [2.24, 2.45) is 5.73 Å². The van der Waals surface area contributed by atoms with Gasteiger partial charge < -0.3 is 24.5 Å². The smallest absolute Gasteiger partial charge is 0.248 e. The highest BCUT2D eigenvalue weighted by Crippen LogP contribution is 2.40. The second-order valence-corrected chi connectivity index (χ2v) is 7.71. The summed E-state index contributed by atoms with van der Waals surface area (Å²) in [6, 6.07) is 11.8. The molecule has 0 saturated carbocycles. The van der Waals surface area contributed by atoms with Gasteiger partial charge >= 0.3 is 0 Å². The fourth-order valence-corrected chi connectivity index (χ4v) is 3.83. The zero-order chi connectivity index (χ0) is 21.1. The standard InChI is InChI=1S/C21H19Cl2N3O4/c22-15-3-6-18(19(23)9-15)21(12-26-8-7-25-13-26)29-11-17(30-21)10-28-16-4-1-14(2-5-16)20(24)27/h1-9,13,17H,10-12H2,(H2,24,27). The number of primary amides is 1. The summed E-state index contributed by atoms with van der Waals surface area (Å²) < 4.78 is 20.1. The van der Waals surface area contributed by atoms with Gasteiger partial charge in [0.15, 0.2) is 0 Å². The lowest BCUT2D eigenvalue weighted by Gasteiger charge is -2.30. The topological polar surface area (TPSA) is 88.6 Å². The third-order valence-corrected chi connectivity index (χ3v) is 5.27. The maximum absolute atomic E-state index is 11.2. The van der Waals surface area contributed by atoms with Crippen molar-refractivity contribution in [2.75, 3.05) is 13.2 Å². The van der Waals surface area contributed by atoms with Crippen LogP contribution in [0.25, 0.3) is 0 Å². The van der Waals surface area contributed by atoms with E-state index in [0.29, 0.717) is 40.1 Å². The van der Waals surface area contributed by atoms with Crippen molar-refractivity contribution in [1.29, 1.82) is 0 Å². The average Bonchev–Trinajstić information content (AvgIpc) is 3.37. The van der Waals surface area contributed by atoms with Crippen LogP contribution in [0.4, 0.5) is 0 Å². The molecule has 3 aromatic rings. The minimum Gasteiger partial charge on any atom is -0.491 e. The van der Waals surface area contributed by atoms with Gasteiger partial charge in [-0.15, -0.1) is 0 Å². The zero-order valence-corrected chi connectivity index (χ0v) is 17.3. The summed E-state index contributed by atoms with van der Waals surface area (Å²) >= 11 is 12.5. The molecule has 1 aromatic heterocycles. The summed E-state index contributed by atoms with van der Waals surface area (Å²) in [6.07, 6.45) is 4.85. The van der Waals surface area contributed by atoms with Crippen LogP contribution >= 0.6 is 23.2 Å². The van der Waals surface area contributed by atoms with Gasteiger partial charge in [-0.25, -0.2) is 4.98 Å². The van der Waals surface area contributed by atoms with E-state index in [9.17, 15) is 4.79 Å². The number of rotatable bonds is 7. The molecule has 2 aromatic carbocycles. The van der Waals surface area contributed by atoms with Crippen molar-refractivity contribution in [2.45, 2.75) is 18.4 Å². The minimum absolute atomic E-state index is 0.257. The highest BCUT2D eigenvalue weighted by Gasteiger charge is 2.45. The summed E-state index contributed by atoms with van der Waals surface area (Å²) in [5, 5.41) is 0.977. The van der Waals surface area contributed by atoms with E-state index in [2.05, 4.69) is 4.98 Å². The molecule has 7 nitrogen and oxygen atoms in total. The van der Waals surface area contributed by atoms with Crippen LogP contribution in [0, 0.1) is 0 Å². The van der Waals surface area contributed by atoms with E-state index in [4.69, 9.17) is 43.1 Å². The lowest BCUT2D eigenvalue weighted by molar-refractivity contribution is -0.189. The molecule has 30 heavy (non-hydrogen) atoms. The molecular weight excluding hydrogens is 429 g/mol. The fraction of sp³-hybridized carbons (Fsp3) is 0.238. The van der Waals surface area contributed by atoms with Crippen LogP contribution < -0.4 is 10.5 Å². The van der Waals surface area contributed by atoms with Gasteiger partial charge in [-0.1, -0.05) is 29.3 Å². The Morgan fingerprint density at radius 1 is 1.27 bits per heavy atom. The van der Waals surface area contributed by atoms with Crippen molar-refractivity contribution in [3.05, 3.63) is 82.4 Å². The van der Waals surface area contributed by atoms with Crippen molar-refractivity contribution >= 4 is 29.1 Å². The summed E-state index contributed by atoms with van der Waals surface area (Å²) in [5.74, 6) is -0.995. The highest BCUT2D eigenvalue weighted by atomic mass is 35.5. The van der Waals surface area contributed by atoms with Crippen molar-refractivity contribution in [3.63, 3.8) is 0 Å². The first-order chi connectivity index (χ1) is 14.4. The number of ether oxygens (including phenoxy) is 3. The van der Waals surface area contributed by atoms with Crippen LogP contribution in [0.3, 0.4) is 0 Å². The van der Waals surface area contributed by atoms with Crippen LogP contribution in [0.2, 0.25) is 10.0 Å². The van der Waals surface area contributed by atoms with E-state index < -0.39 is 11.7 Å². The van der Waals surface area contributed by atoms with Crippen molar-refractivity contribution in [3.8, 4) is 5.75 Å². The quantitative estimate of drug-likeness (QED) is 0.597. The van der Waals surface area contributed by atoms with Gasteiger partial charge in [0.1, 0.15) is 18.5 Å². The predicted molar refractivity (Wildman–Crippen MR) is 112 cm³/mol. The molecule has 1 saturated heterocycles. The Morgan fingerprint density at radius 3 is 2.73 bits per heavy atom. The summed E-state index contributed by atoms with van der Waals surface area (Å²) in [4.78, 5) is 15.3. The molecule has 156 valence electrons. The van der Waals surface area contributed by atoms with E-state index in [1.165, 1.54) is 0 Å². The fourth-order valence-electron chi connectivity index (χ4n) is 3.28. The Balaban J connectivity index is 1.50. The number of imidazole rings is 1. The summed E-state index contributed by atoms with van der Waals surface area (Å²) in [7, 11) is 0. The van der Waals surface area contributed by atoms with E-state index in [0.717, 1.165) is 0 Å². The first-order valence-corrected chi connectivity index (χ1v) is 9.96. The van der Waals surface area contributed by atoms with Crippen molar-refractivity contribution in [1.82, 2.24) is 9.55 Å². The molecule has 1 aliphatic rings. The van der Waals surface area contributed by atoms with E-state index in [1.54, 1.807) is 55.0 Å². The van der Waals surface area contributed by atoms with Crippen LogP contribution in [0.5, 0.6) is 5.75 Å². The first kappa shape index (κ1) is 20.7. The van der Waals surface area contributed by atoms with Gasteiger partial charge in [0.2, 0.25) is 11.7 Å². The normalized spacial score (nSPS) is 20.9. The van der Waals surface area contributed by atoms with Gasteiger partial charge in [-0.2, -0.15) is 0 Å². The molecule has 1 amide bonds. The Labute approximate surface area is 183 Å². The molecule has 2 atom stereocenters. The van der Waals surface area contributed by atoms with Crippen LogP contribution in [-0.2, 0) is 21.8 Å². The van der Waals surface area contributed by atoms with Crippen LogP contribution in [0.15, 0.2) is 61.2 Å². The van der Waals surface area contributed by atoms with E-state index in [-0.39, 0.29) is 12.7 Å². The third-order valence-electron chi connectivity index (χ3n) is 4.73. The molecular formula is C21H19Cl2N3O4. The molecule has 4 rings (SSSR count). The van der Waals surface area contributed by atoms with Gasteiger partial charge in [0, 0.05) is 28.5 Å². The number of benzene rings is 2. The molecule has 1 fully saturated rings. The van der Waals surface area contributed by atoms with Gasteiger partial charge in [-0.3, -0.25) is 4.79 Å². The average molecular weight is 448 g/mol. The molecule has 9 heteroatoms. The van der Waals surface area contributed by atoms with E-state index >= 15 is 0 Å². The molecule has 0 aliphatic carbocycles. The number of nitrogens with two attached hydrogens (primary N) is 1. The Bertz CT molecular complexity index is 1030. The van der Waals surface area contributed by atoms with E-state index in [1.807, 2.05) is 10.8 Å². The number of carbonyl (C=O) groups excluding carboxylic acids is 1. The molecule has 2 heterocycles. The minimum atomic E-state index is -1.10. The number of amides is 1. The Hall–Kier alpha value is -2.58. The Kier molecular flexibility index (Phi) is 5.97. The van der Waals surface area contributed by atoms with Gasteiger partial charge in [0.25, 0.3) is 0 Å². The molecule has 0 bridgehead atoms. The lowest BCUT2D eigenvalue weighted by atomic mass is 10.1. The zero-order valence-electron chi connectivity index (χ0n) is 15.8. The highest BCUT2D eigenvalue weighted by molar-refractivity contribution is 6.35. The first-order valence-electron chi connectivity index (χ1n) is 9.21. The second-order valence-electron chi connectivity index (χ2n) is 6.86. The summed E-state index contributed by atoms with van der Waals surface area (Å²) in [6.45, 7) is 0.929. The molecule has 2 N–H and O–H groups in total. The van der Waals surface area contributed by atoms with Crippen LogP contribution in [0.1, 0.15) is 15.9 Å². The number of halogens is 2. The number of hydrogen-bond donors (Lipinski definition) is 1. The monoisotopic (exact) mass is 447 g/mol. The summed E-state index contributed by atoms with van der Waals surface area (Å²) in [5.41, 5.74) is 6.35. The number of aromatic nitrogens is 2. The maximum Gasteiger partial charge on any atom is 0.248 e. The molecule has 2 unspecified atom stereocenters. The SMILES string of the molecule is NC(=O)c1ccc(OCC2COC(Cn3ccnc3)(c3ccc(Cl)cc3Cl)O2)cc1. The third kappa shape index (κ3) is 4.44. The van der Waals surface area contributed by atoms with Gasteiger partial charge in [0.05, 0.1) is 24.5 Å². The Morgan fingerprint density at radius 2 is 2.07 bits per heavy atom. The molecule has 0 radical (unpaired) electrons. The van der Waals surface area contributed by atoms with Crippen LogP contribution in [-0.4, -0.2) is 34.8 Å². The lowest BCUT2D eigenvalue weighted by Crippen LogP contribution is -2.34. The number of carbonyl (C=O) groups is 1. The maximum atomic E-state index is 11.2. The van der Waals surface area contributed by atoms with Crippen molar-refractivity contribution < 1.29 is 19.0 Å². The predicted octanol–water partition coefficient (Wildman–Crippen LogP) is 3.64. The molecule has 0 spiro atoms. The largest absolute Gasteiger partial charge is 0.491 e. The van der Waals surface area contributed by atoms with Gasteiger partial charge in [-0.05, 0) is 36.4 Å².